The monoisotopic (exact) mass is 216 g/mol. The molecule has 0 aromatic carbocycles. The van der Waals surface area contributed by atoms with Crippen LogP contribution in [-0.4, -0.2) is 14.8 Å². The van der Waals surface area contributed by atoms with Crippen molar-refractivity contribution in [2.75, 3.05) is 5.73 Å². The number of aromatic nitrogens is 3. The van der Waals surface area contributed by atoms with Crippen molar-refractivity contribution < 1.29 is 0 Å². The summed E-state index contributed by atoms with van der Waals surface area (Å²) >= 11 is 0. The van der Waals surface area contributed by atoms with Gasteiger partial charge in [-0.05, 0) is 18.6 Å². The number of hydrogen-bond donors (Lipinski definition) is 1. The van der Waals surface area contributed by atoms with Gasteiger partial charge in [0, 0.05) is 30.6 Å². The van der Waals surface area contributed by atoms with Crippen LogP contribution >= 0.6 is 0 Å². The van der Waals surface area contributed by atoms with Gasteiger partial charge in [-0.15, -0.1) is 0 Å². The van der Waals surface area contributed by atoms with E-state index < -0.39 is 0 Å². The Morgan fingerprint density at radius 3 is 2.88 bits per heavy atom. The van der Waals surface area contributed by atoms with E-state index >= 15 is 0 Å². The predicted molar refractivity (Wildman–Crippen MR) is 64.8 cm³/mol. The highest BCUT2D eigenvalue weighted by Gasteiger charge is 2.11. The molecule has 0 aliphatic heterocycles. The lowest BCUT2D eigenvalue weighted by molar-refractivity contribution is 0.733. The van der Waals surface area contributed by atoms with Crippen molar-refractivity contribution in [3.8, 4) is 11.1 Å². The third kappa shape index (κ3) is 1.91. The van der Waals surface area contributed by atoms with Gasteiger partial charge in [0.1, 0.15) is 5.82 Å². The number of aryl methyl sites for hydroxylation is 2. The molecule has 0 saturated heterocycles. The summed E-state index contributed by atoms with van der Waals surface area (Å²) in [6.07, 6.45) is 5.74. The molecule has 16 heavy (non-hydrogen) atoms. The molecule has 0 atom stereocenters. The van der Waals surface area contributed by atoms with Crippen LogP contribution in [0.5, 0.6) is 0 Å². The van der Waals surface area contributed by atoms with Crippen molar-refractivity contribution in [3.05, 3.63) is 30.2 Å². The van der Waals surface area contributed by atoms with Crippen LogP contribution in [0.2, 0.25) is 0 Å². The van der Waals surface area contributed by atoms with Crippen molar-refractivity contribution in [3.63, 3.8) is 0 Å². The lowest BCUT2D eigenvalue weighted by Gasteiger charge is -2.03. The molecule has 2 aromatic rings. The Hall–Kier alpha value is -1.84. The summed E-state index contributed by atoms with van der Waals surface area (Å²) in [5, 5.41) is 4.45. The first-order valence-electron chi connectivity index (χ1n) is 5.45. The lowest BCUT2D eigenvalue weighted by atomic mass is 10.1. The molecule has 2 N–H and O–H groups in total. The normalized spacial score (nSPS) is 10.6. The molecule has 0 saturated carbocycles. The molecule has 0 aliphatic carbocycles. The molecule has 0 spiro atoms. The fourth-order valence-corrected chi connectivity index (χ4v) is 1.83. The Labute approximate surface area is 95.1 Å². The minimum absolute atomic E-state index is 0.563. The summed E-state index contributed by atoms with van der Waals surface area (Å²) in [4.78, 5) is 4.11. The Kier molecular flexibility index (Phi) is 2.90. The van der Waals surface area contributed by atoms with E-state index in [2.05, 4.69) is 17.0 Å². The van der Waals surface area contributed by atoms with E-state index in [1.54, 1.807) is 6.20 Å². The highest BCUT2D eigenvalue weighted by Crippen LogP contribution is 2.27. The minimum atomic E-state index is 0.563. The molecule has 0 bridgehead atoms. The van der Waals surface area contributed by atoms with Crippen LogP contribution in [0.4, 0.5) is 5.82 Å². The maximum atomic E-state index is 5.88. The molecule has 2 aromatic heterocycles. The van der Waals surface area contributed by atoms with Gasteiger partial charge in [-0.25, -0.2) is 4.98 Å². The zero-order chi connectivity index (χ0) is 11.5. The molecule has 4 heteroatoms. The molecular formula is C12H16N4. The van der Waals surface area contributed by atoms with Gasteiger partial charge >= 0.3 is 0 Å². The van der Waals surface area contributed by atoms with E-state index in [1.807, 2.05) is 30.1 Å². The molecule has 2 rings (SSSR count). The molecule has 2 heterocycles. The number of pyridine rings is 1. The second kappa shape index (κ2) is 4.35. The van der Waals surface area contributed by atoms with E-state index in [9.17, 15) is 0 Å². The summed E-state index contributed by atoms with van der Waals surface area (Å²) in [6.45, 7) is 2.14. The van der Waals surface area contributed by atoms with Crippen LogP contribution in [-0.2, 0) is 13.5 Å². The van der Waals surface area contributed by atoms with Gasteiger partial charge in [-0.2, -0.15) is 5.10 Å². The number of rotatable bonds is 3. The van der Waals surface area contributed by atoms with Crippen molar-refractivity contribution in [1.82, 2.24) is 14.8 Å². The molecule has 0 radical (unpaired) electrons. The molecule has 4 nitrogen and oxygen atoms in total. The third-order valence-electron chi connectivity index (χ3n) is 2.52. The SMILES string of the molecule is CCCc1nn(C)cc1-c1cccnc1N. The topological polar surface area (TPSA) is 56.7 Å². The Morgan fingerprint density at radius 1 is 1.38 bits per heavy atom. The van der Waals surface area contributed by atoms with Gasteiger partial charge in [0.05, 0.1) is 5.69 Å². The fourth-order valence-electron chi connectivity index (χ4n) is 1.83. The molecular weight excluding hydrogens is 200 g/mol. The maximum Gasteiger partial charge on any atom is 0.131 e. The molecule has 0 fully saturated rings. The standard InChI is InChI=1S/C12H16N4/c1-3-5-11-10(8-16(2)15-11)9-6-4-7-14-12(9)13/h4,6-8H,3,5H2,1-2H3,(H2,13,14). The van der Waals surface area contributed by atoms with Crippen LogP contribution < -0.4 is 5.73 Å². The van der Waals surface area contributed by atoms with Gasteiger partial charge < -0.3 is 5.73 Å². The van der Waals surface area contributed by atoms with Crippen LogP contribution in [0, 0.1) is 0 Å². The number of hydrogen-bond acceptors (Lipinski definition) is 3. The number of anilines is 1. The average molecular weight is 216 g/mol. The second-order valence-corrected chi connectivity index (χ2v) is 3.85. The van der Waals surface area contributed by atoms with Gasteiger partial charge in [-0.1, -0.05) is 13.3 Å². The van der Waals surface area contributed by atoms with Crippen molar-refractivity contribution in [2.45, 2.75) is 19.8 Å². The molecule has 0 unspecified atom stereocenters. The van der Waals surface area contributed by atoms with E-state index in [1.165, 1.54) is 0 Å². The largest absolute Gasteiger partial charge is 0.383 e. The summed E-state index contributed by atoms with van der Waals surface area (Å²) in [5.41, 5.74) is 9.03. The first-order valence-corrected chi connectivity index (χ1v) is 5.45. The number of nitrogens with zero attached hydrogens (tertiary/aromatic N) is 3. The van der Waals surface area contributed by atoms with Crippen LogP contribution in [0.3, 0.4) is 0 Å². The summed E-state index contributed by atoms with van der Waals surface area (Å²) in [7, 11) is 1.93. The second-order valence-electron chi connectivity index (χ2n) is 3.85. The summed E-state index contributed by atoms with van der Waals surface area (Å²) < 4.78 is 1.83. The fraction of sp³-hybridized carbons (Fsp3) is 0.333. The van der Waals surface area contributed by atoms with Crippen molar-refractivity contribution in [1.29, 1.82) is 0 Å². The van der Waals surface area contributed by atoms with E-state index in [0.717, 1.165) is 29.7 Å². The Morgan fingerprint density at radius 2 is 2.19 bits per heavy atom. The van der Waals surface area contributed by atoms with Gasteiger partial charge in [0.25, 0.3) is 0 Å². The smallest absolute Gasteiger partial charge is 0.131 e. The Balaban J connectivity index is 2.51. The van der Waals surface area contributed by atoms with E-state index in [4.69, 9.17) is 5.73 Å². The average Bonchev–Trinajstić information content (AvgIpc) is 2.61. The van der Waals surface area contributed by atoms with Gasteiger partial charge in [0.15, 0.2) is 0 Å². The zero-order valence-corrected chi connectivity index (χ0v) is 9.64. The van der Waals surface area contributed by atoms with Gasteiger partial charge in [0.2, 0.25) is 0 Å². The van der Waals surface area contributed by atoms with Crippen LogP contribution in [0.1, 0.15) is 19.0 Å². The van der Waals surface area contributed by atoms with E-state index in [0.29, 0.717) is 5.82 Å². The van der Waals surface area contributed by atoms with Gasteiger partial charge in [-0.3, -0.25) is 4.68 Å². The number of nitrogens with two attached hydrogens (primary N) is 1. The first-order chi connectivity index (χ1) is 7.72. The predicted octanol–water partition coefficient (Wildman–Crippen LogP) is 2.02. The lowest BCUT2D eigenvalue weighted by Crippen LogP contribution is -1.95. The van der Waals surface area contributed by atoms with Crippen LogP contribution in [0.15, 0.2) is 24.5 Å². The molecule has 84 valence electrons. The van der Waals surface area contributed by atoms with Crippen LogP contribution in [0.25, 0.3) is 11.1 Å². The summed E-state index contributed by atoms with van der Waals surface area (Å²) in [5.74, 6) is 0.563. The molecule has 0 aliphatic rings. The third-order valence-corrected chi connectivity index (χ3v) is 2.52. The maximum absolute atomic E-state index is 5.88. The molecule has 0 amide bonds. The minimum Gasteiger partial charge on any atom is -0.383 e. The van der Waals surface area contributed by atoms with E-state index in [-0.39, 0.29) is 0 Å². The highest BCUT2D eigenvalue weighted by atomic mass is 15.2. The summed E-state index contributed by atoms with van der Waals surface area (Å²) in [6, 6.07) is 3.88. The Bertz CT molecular complexity index is 488. The van der Waals surface area contributed by atoms with Crippen molar-refractivity contribution in [2.24, 2.45) is 7.05 Å². The zero-order valence-electron chi connectivity index (χ0n) is 9.64. The van der Waals surface area contributed by atoms with Crippen molar-refractivity contribution >= 4 is 5.82 Å². The highest BCUT2D eigenvalue weighted by molar-refractivity contribution is 5.74. The number of nitrogen functional groups attached to an aromatic ring is 1. The quantitative estimate of drug-likeness (QED) is 0.854. The first kappa shape index (κ1) is 10.7.